The van der Waals surface area contributed by atoms with E-state index in [9.17, 15) is 13.6 Å². The predicted molar refractivity (Wildman–Crippen MR) is 94.8 cm³/mol. The number of likely N-dealkylation sites (tertiary alicyclic amines) is 1. The van der Waals surface area contributed by atoms with Crippen molar-refractivity contribution in [2.24, 2.45) is 5.92 Å². The first-order valence-corrected chi connectivity index (χ1v) is 8.98. The van der Waals surface area contributed by atoms with E-state index in [1.807, 2.05) is 11.8 Å². The molecule has 1 fully saturated rings. The maximum absolute atomic E-state index is 13.3. The zero-order valence-electron chi connectivity index (χ0n) is 15.1. The monoisotopic (exact) mass is 359 g/mol. The molecule has 1 atom stereocenters. The van der Waals surface area contributed by atoms with Gasteiger partial charge in [-0.2, -0.15) is 0 Å². The maximum Gasteiger partial charge on any atom is 0.272 e. The quantitative estimate of drug-likeness (QED) is 0.833. The average molecular weight is 359 g/mol. The van der Waals surface area contributed by atoms with E-state index in [0.717, 1.165) is 37.1 Å². The minimum atomic E-state index is -0.821. The Balaban J connectivity index is 1.61. The van der Waals surface area contributed by atoms with Crippen molar-refractivity contribution in [2.75, 3.05) is 13.1 Å². The summed E-state index contributed by atoms with van der Waals surface area (Å²) < 4.78 is 26.3. The van der Waals surface area contributed by atoms with Gasteiger partial charge >= 0.3 is 0 Å². The molecule has 3 rings (SSSR count). The summed E-state index contributed by atoms with van der Waals surface area (Å²) in [5, 5.41) is 0. The number of amides is 1. The fourth-order valence-electron chi connectivity index (χ4n) is 3.54. The second-order valence-electron chi connectivity index (χ2n) is 6.99. The van der Waals surface area contributed by atoms with Crippen LogP contribution < -0.4 is 0 Å². The van der Waals surface area contributed by atoms with Crippen molar-refractivity contribution < 1.29 is 13.6 Å². The third-order valence-electron chi connectivity index (χ3n) is 4.82. The molecule has 1 aliphatic rings. The average Bonchev–Trinajstić information content (AvgIpc) is 2.61. The first kappa shape index (κ1) is 18.4. The van der Waals surface area contributed by atoms with Crippen molar-refractivity contribution in [3.05, 3.63) is 58.7 Å². The van der Waals surface area contributed by atoms with E-state index in [4.69, 9.17) is 0 Å². The van der Waals surface area contributed by atoms with Crippen molar-refractivity contribution in [1.29, 1.82) is 0 Å². The van der Waals surface area contributed by atoms with Crippen LogP contribution in [-0.4, -0.2) is 33.9 Å². The summed E-state index contributed by atoms with van der Waals surface area (Å²) in [6.07, 6.45) is 3.50. The molecule has 0 aliphatic carbocycles. The van der Waals surface area contributed by atoms with Gasteiger partial charge in [-0.25, -0.2) is 18.7 Å². The van der Waals surface area contributed by atoms with Crippen molar-refractivity contribution in [2.45, 2.75) is 39.5 Å². The van der Waals surface area contributed by atoms with Gasteiger partial charge < -0.3 is 4.90 Å². The van der Waals surface area contributed by atoms with Gasteiger partial charge in [0, 0.05) is 18.8 Å². The van der Waals surface area contributed by atoms with E-state index in [1.165, 1.54) is 12.1 Å². The second kappa shape index (κ2) is 7.89. The summed E-state index contributed by atoms with van der Waals surface area (Å²) in [5.41, 5.74) is 2.01. The highest BCUT2D eigenvalue weighted by Crippen LogP contribution is 2.23. The molecule has 1 saturated heterocycles. The van der Waals surface area contributed by atoms with Crippen molar-refractivity contribution in [1.82, 2.24) is 14.9 Å². The lowest BCUT2D eigenvalue weighted by Gasteiger charge is -2.32. The second-order valence-corrected chi connectivity index (χ2v) is 6.99. The molecule has 26 heavy (non-hydrogen) atoms. The number of nitrogens with zero attached hydrogens (tertiary/aromatic N) is 3. The highest BCUT2D eigenvalue weighted by atomic mass is 19.2. The Hall–Kier alpha value is -2.37. The molecule has 1 amide bonds. The Labute approximate surface area is 152 Å². The molecule has 1 aromatic heterocycles. The van der Waals surface area contributed by atoms with Crippen LogP contribution >= 0.6 is 0 Å². The lowest BCUT2D eigenvalue weighted by molar-refractivity contribution is 0.0661. The van der Waals surface area contributed by atoms with Crippen LogP contribution in [0.3, 0.4) is 0 Å². The summed E-state index contributed by atoms with van der Waals surface area (Å²) in [4.78, 5) is 23.1. The molecule has 0 bridgehead atoms. The molecular weight excluding hydrogens is 336 g/mol. The minimum absolute atomic E-state index is 0.0591. The van der Waals surface area contributed by atoms with Gasteiger partial charge in [0.2, 0.25) is 0 Å². The molecule has 2 heterocycles. The van der Waals surface area contributed by atoms with Crippen LogP contribution in [0.1, 0.15) is 46.8 Å². The van der Waals surface area contributed by atoms with Crippen LogP contribution in [0.2, 0.25) is 0 Å². The van der Waals surface area contributed by atoms with Crippen molar-refractivity contribution >= 4 is 5.91 Å². The van der Waals surface area contributed by atoms with E-state index in [1.54, 1.807) is 19.1 Å². The number of piperidine rings is 1. The molecule has 0 unspecified atom stereocenters. The van der Waals surface area contributed by atoms with Crippen LogP contribution in [0.15, 0.2) is 24.3 Å². The van der Waals surface area contributed by atoms with E-state index in [2.05, 4.69) is 9.97 Å². The van der Waals surface area contributed by atoms with Crippen LogP contribution in [0, 0.1) is 31.4 Å². The van der Waals surface area contributed by atoms with E-state index in [-0.39, 0.29) is 5.91 Å². The van der Waals surface area contributed by atoms with Gasteiger partial charge in [-0.05, 0) is 69.2 Å². The molecule has 6 heteroatoms. The maximum atomic E-state index is 13.3. The smallest absolute Gasteiger partial charge is 0.272 e. The summed E-state index contributed by atoms with van der Waals surface area (Å²) >= 11 is 0. The van der Waals surface area contributed by atoms with Gasteiger partial charge in [0.05, 0.1) is 0 Å². The number of aryl methyl sites for hydroxylation is 3. The van der Waals surface area contributed by atoms with Crippen LogP contribution in [0.25, 0.3) is 0 Å². The fourth-order valence-corrected chi connectivity index (χ4v) is 3.54. The normalized spacial score (nSPS) is 17.4. The van der Waals surface area contributed by atoms with Crippen molar-refractivity contribution in [3.8, 4) is 0 Å². The highest BCUT2D eigenvalue weighted by Gasteiger charge is 2.25. The third kappa shape index (κ3) is 4.42. The lowest BCUT2D eigenvalue weighted by Crippen LogP contribution is -2.40. The number of hydrogen-bond donors (Lipinski definition) is 0. The minimum Gasteiger partial charge on any atom is -0.337 e. The summed E-state index contributed by atoms with van der Waals surface area (Å²) in [7, 11) is 0. The van der Waals surface area contributed by atoms with Gasteiger partial charge in [-0.1, -0.05) is 6.07 Å². The topological polar surface area (TPSA) is 46.1 Å². The number of carbonyl (C=O) groups excluding carboxylic acids is 1. The number of halogens is 2. The number of carbonyl (C=O) groups is 1. The summed E-state index contributed by atoms with van der Waals surface area (Å²) in [6.45, 7) is 5.03. The molecule has 2 aromatic rings. The van der Waals surface area contributed by atoms with E-state index >= 15 is 0 Å². The number of aromatic nitrogens is 2. The van der Waals surface area contributed by atoms with Crippen LogP contribution in [0.4, 0.5) is 8.78 Å². The first-order valence-electron chi connectivity index (χ1n) is 8.98. The van der Waals surface area contributed by atoms with Gasteiger partial charge in [0.15, 0.2) is 11.6 Å². The zero-order valence-corrected chi connectivity index (χ0v) is 15.1. The van der Waals surface area contributed by atoms with Gasteiger partial charge in [0.25, 0.3) is 5.91 Å². The number of benzene rings is 1. The lowest BCUT2D eigenvalue weighted by atomic mass is 9.91. The van der Waals surface area contributed by atoms with Crippen LogP contribution in [0.5, 0.6) is 0 Å². The molecule has 0 radical (unpaired) electrons. The standard InChI is InChI=1S/C20H23F2N3O/c1-13-10-19(24-14(2)23-13)20(26)25-9-3-4-16(12-25)6-5-15-7-8-17(21)18(22)11-15/h7-8,10-11,16H,3-6,9,12H2,1-2H3/t16-/m0/s1. The molecule has 0 saturated carbocycles. The summed E-state index contributed by atoms with van der Waals surface area (Å²) in [6, 6.07) is 5.77. The molecule has 1 aromatic carbocycles. The third-order valence-corrected chi connectivity index (χ3v) is 4.82. The largest absolute Gasteiger partial charge is 0.337 e. The molecule has 0 spiro atoms. The van der Waals surface area contributed by atoms with E-state index < -0.39 is 11.6 Å². The Morgan fingerprint density at radius 3 is 2.73 bits per heavy atom. The predicted octanol–water partition coefficient (Wildman–Crippen LogP) is 3.86. The molecular formula is C20H23F2N3O. The molecule has 0 N–H and O–H groups in total. The molecule has 4 nitrogen and oxygen atoms in total. The SMILES string of the molecule is Cc1cc(C(=O)N2CCC[C@@H](CCc3ccc(F)c(F)c3)C2)nc(C)n1. The number of rotatable bonds is 4. The fraction of sp³-hybridized carbons (Fsp3) is 0.450. The molecule has 1 aliphatic heterocycles. The molecule has 138 valence electrons. The Morgan fingerprint density at radius 1 is 1.19 bits per heavy atom. The zero-order chi connectivity index (χ0) is 18.7. The van der Waals surface area contributed by atoms with Gasteiger partial charge in [-0.15, -0.1) is 0 Å². The highest BCUT2D eigenvalue weighted by molar-refractivity contribution is 5.92. The van der Waals surface area contributed by atoms with E-state index in [0.29, 0.717) is 30.4 Å². The van der Waals surface area contributed by atoms with Crippen LogP contribution in [-0.2, 0) is 6.42 Å². The first-order chi connectivity index (χ1) is 12.4. The van der Waals surface area contributed by atoms with Crippen molar-refractivity contribution in [3.63, 3.8) is 0 Å². The number of hydrogen-bond acceptors (Lipinski definition) is 3. The Bertz CT molecular complexity index is 789. The Kier molecular flexibility index (Phi) is 5.59. The Morgan fingerprint density at radius 2 is 2.00 bits per heavy atom. The van der Waals surface area contributed by atoms with Gasteiger partial charge in [-0.3, -0.25) is 4.79 Å². The van der Waals surface area contributed by atoms with Gasteiger partial charge in [0.1, 0.15) is 11.5 Å². The summed E-state index contributed by atoms with van der Waals surface area (Å²) in [5.74, 6) is -0.739.